The van der Waals surface area contributed by atoms with Crippen LogP contribution in [0.15, 0.2) is 12.4 Å². The maximum absolute atomic E-state index is 5.45. The molecule has 2 fully saturated rings. The number of hydrogen-bond donors (Lipinski definition) is 0. The van der Waals surface area contributed by atoms with Crippen LogP contribution in [0.5, 0.6) is 5.88 Å². The van der Waals surface area contributed by atoms with Crippen molar-refractivity contribution in [2.75, 3.05) is 24.6 Å². The summed E-state index contributed by atoms with van der Waals surface area (Å²) in [6.45, 7) is 4.92. The molecule has 0 bridgehead atoms. The van der Waals surface area contributed by atoms with Crippen LogP contribution >= 0.6 is 0 Å². The maximum atomic E-state index is 5.45. The summed E-state index contributed by atoms with van der Waals surface area (Å²) in [6.07, 6.45) is 8.53. The van der Waals surface area contributed by atoms with Gasteiger partial charge in [0, 0.05) is 19.2 Å². The van der Waals surface area contributed by atoms with E-state index in [1.165, 1.54) is 32.1 Å². The topological polar surface area (TPSA) is 38.2 Å². The molecule has 1 aliphatic carbocycles. The van der Waals surface area contributed by atoms with Gasteiger partial charge in [-0.15, -0.1) is 0 Å². The van der Waals surface area contributed by atoms with Crippen molar-refractivity contribution in [1.82, 2.24) is 9.97 Å². The number of rotatable bonds is 3. The highest BCUT2D eigenvalue weighted by molar-refractivity contribution is 5.42. The molecule has 1 aromatic heterocycles. The number of nitrogens with zero attached hydrogens (tertiary/aromatic N) is 3. The lowest BCUT2D eigenvalue weighted by atomic mass is 9.86. The molecule has 2 aliphatic rings. The number of ether oxygens (including phenoxy) is 1. The molecule has 0 N–H and O–H groups in total. The predicted octanol–water partition coefficient (Wildman–Crippen LogP) is 2.65. The van der Waals surface area contributed by atoms with Crippen LogP contribution in [0.4, 0.5) is 5.82 Å². The Morgan fingerprint density at radius 2 is 2.11 bits per heavy atom. The monoisotopic (exact) mass is 247 g/mol. The smallest absolute Gasteiger partial charge is 0.218 e. The molecule has 3 rings (SSSR count). The predicted molar refractivity (Wildman–Crippen MR) is 70.9 cm³/mol. The van der Waals surface area contributed by atoms with E-state index < -0.39 is 0 Å². The molecule has 0 amide bonds. The van der Waals surface area contributed by atoms with E-state index >= 15 is 0 Å². The van der Waals surface area contributed by atoms with Gasteiger partial charge in [-0.05, 0) is 31.6 Å². The Morgan fingerprint density at radius 3 is 2.89 bits per heavy atom. The lowest BCUT2D eigenvalue weighted by Gasteiger charge is -2.24. The zero-order chi connectivity index (χ0) is 12.4. The summed E-state index contributed by atoms with van der Waals surface area (Å²) in [5.41, 5.74) is 0.580. The molecule has 1 saturated carbocycles. The van der Waals surface area contributed by atoms with E-state index in [1.807, 2.05) is 13.0 Å². The van der Waals surface area contributed by atoms with E-state index in [-0.39, 0.29) is 0 Å². The normalized spacial score (nSPS) is 21.7. The van der Waals surface area contributed by atoms with Gasteiger partial charge in [0.15, 0.2) is 0 Å². The first kappa shape index (κ1) is 11.8. The molecule has 98 valence electrons. The van der Waals surface area contributed by atoms with Gasteiger partial charge in [-0.3, -0.25) is 0 Å². The van der Waals surface area contributed by atoms with Crippen LogP contribution in [0.2, 0.25) is 0 Å². The van der Waals surface area contributed by atoms with Crippen molar-refractivity contribution in [2.45, 2.75) is 39.0 Å². The average molecular weight is 247 g/mol. The molecule has 1 saturated heterocycles. The van der Waals surface area contributed by atoms with E-state index in [1.54, 1.807) is 6.33 Å². The first-order valence-electron chi connectivity index (χ1n) is 7.01. The lowest BCUT2D eigenvalue weighted by Crippen LogP contribution is -2.25. The van der Waals surface area contributed by atoms with Crippen LogP contribution in [0.25, 0.3) is 0 Å². The summed E-state index contributed by atoms with van der Waals surface area (Å²) in [7, 11) is 0. The zero-order valence-corrected chi connectivity index (χ0v) is 11.1. The Balaban J connectivity index is 1.73. The molecule has 2 heterocycles. The molecule has 1 aromatic rings. The van der Waals surface area contributed by atoms with E-state index in [2.05, 4.69) is 14.9 Å². The van der Waals surface area contributed by atoms with Gasteiger partial charge in [0.25, 0.3) is 0 Å². The van der Waals surface area contributed by atoms with Crippen molar-refractivity contribution < 1.29 is 4.74 Å². The minimum absolute atomic E-state index is 0.580. The summed E-state index contributed by atoms with van der Waals surface area (Å²) in [5.74, 6) is 1.71. The minimum atomic E-state index is 0.580. The van der Waals surface area contributed by atoms with E-state index in [4.69, 9.17) is 4.74 Å². The molecule has 4 heteroatoms. The Labute approximate surface area is 108 Å². The van der Waals surface area contributed by atoms with Gasteiger partial charge in [0.2, 0.25) is 5.88 Å². The Hall–Kier alpha value is -1.32. The fraction of sp³-hybridized carbons (Fsp3) is 0.714. The van der Waals surface area contributed by atoms with Crippen LogP contribution < -0.4 is 9.64 Å². The van der Waals surface area contributed by atoms with Crippen molar-refractivity contribution in [3.05, 3.63) is 12.4 Å². The quantitative estimate of drug-likeness (QED) is 0.823. The van der Waals surface area contributed by atoms with Crippen molar-refractivity contribution in [3.8, 4) is 5.88 Å². The van der Waals surface area contributed by atoms with Gasteiger partial charge in [-0.25, -0.2) is 9.97 Å². The molecule has 4 nitrogen and oxygen atoms in total. The fourth-order valence-electron chi connectivity index (χ4n) is 3.39. The van der Waals surface area contributed by atoms with Crippen molar-refractivity contribution >= 4 is 5.82 Å². The summed E-state index contributed by atoms with van der Waals surface area (Å²) >= 11 is 0. The van der Waals surface area contributed by atoms with E-state index in [0.29, 0.717) is 17.9 Å². The van der Waals surface area contributed by atoms with Gasteiger partial charge < -0.3 is 9.64 Å². The molecule has 0 radical (unpaired) electrons. The van der Waals surface area contributed by atoms with Gasteiger partial charge >= 0.3 is 0 Å². The largest absolute Gasteiger partial charge is 0.478 e. The molecule has 0 unspecified atom stereocenters. The van der Waals surface area contributed by atoms with Crippen LogP contribution in [-0.4, -0.2) is 29.7 Å². The highest BCUT2D eigenvalue weighted by Crippen LogP contribution is 2.46. The van der Waals surface area contributed by atoms with Gasteiger partial charge in [-0.2, -0.15) is 0 Å². The maximum Gasteiger partial charge on any atom is 0.218 e. The molecular weight excluding hydrogens is 226 g/mol. The fourth-order valence-corrected chi connectivity index (χ4v) is 3.39. The standard InChI is InChI=1S/C14H21N3O/c1-2-18-13-9-12(15-11-16-13)17-8-7-14(10-17)5-3-4-6-14/h9,11H,2-8,10H2,1H3. The summed E-state index contributed by atoms with van der Waals surface area (Å²) in [6, 6.07) is 1.97. The summed E-state index contributed by atoms with van der Waals surface area (Å²) < 4.78 is 5.45. The molecule has 0 atom stereocenters. The third-order valence-corrected chi connectivity index (χ3v) is 4.35. The third-order valence-electron chi connectivity index (χ3n) is 4.35. The van der Waals surface area contributed by atoms with E-state index in [9.17, 15) is 0 Å². The second-order valence-corrected chi connectivity index (χ2v) is 5.53. The minimum Gasteiger partial charge on any atom is -0.478 e. The number of aromatic nitrogens is 2. The van der Waals surface area contributed by atoms with Gasteiger partial charge in [0.05, 0.1) is 6.61 Å². The van der Waals surface area contributed by atoms with Crippen molar-refractivity contribution in [2.24, 2.45) is 5.41 Å². The van der Waals surface area contributed by atoms with Gasteiger partial charge in [0.1, 0.15) is 12.1 Å². The molecule has 18 heavy (non-hydrogen) atoms. The zero-order valence-electron chi connectivity index (χ0n) is 11.1. The summed E-state index contributed by atoms with van der Waals surface area (Å²) in [4.78, 5) is 10.9. The van der Waals surface area contributed by atoms with Crippen LogP contribution in [0.1, 0.15) is 39.0 Å². The van der Waals surface area contributed by atoms with Crippen LogP contribution in [0.3, 0.4) is 0 Å². The molecule has 1 aliphatic heterocycles. The van der Waals surface area contributed by atoms with Crippen molar-refractivity contribution in [3.63, 3.8) is 0 Å². The average Bonchev–Trinajstić information content (AvgIpc) is 3.01. The third kappa shape index (κ3) is 2.16. The second-order valence-electron chi connectivity index (χ2n) is 5.53. The Bertz CT molecular complexity index is 415. The first-order chi connectivity index (χ1) is 8.81. The molecular formula is C14H21N3O. The highest BCUT2D eigenvalue weighted by atomic mass is 16.5. The Kier molecular flexibility index (Phi) is 3.10. The number of hydrogen-bond acceptors (Lipinski definition) is 4. The van der Waals surface area contributed by atoms with E-state index in [0.717, 1.165) is 18.9 Å². The summed E-state index contributed by atoms with van der Waals surface area (Å²) in [5, 5.41) is 0. The van der Waals surface area contributed by atoms with Crippen LogP contribution in [0, 0.1) is 5.41 Å². The van der Waals surface area contributed by atoms with Gasteiger partial charge in [-0.1, -0.05) is 12.8 Å². The SMILES string of the molecule is CCOc1cc(N2CCC3(CCCC3)C2)ncn1. The molecule has 1 spiro atoms. The molecule has 0 aromatic carbocycles. The Morgan fingerprint density at radius 1 is 1.28 bits per heavy atom. The number of anilines is 1. The second kappa shape index (κ2) is 4.75. The lowest BCUT2D eigenvalue weighted by molar-refractivity contribution is 0.326. The highest BCUT2D eigenvalue weighted by Gasteiger charge is 2.40. The first-order valence-corrected chi connectivity index (χ1v) is 7.01. The van der Waals surface area contributed by atoms with Crippen molar-refractivity contribution in [1.29, 1.82) is 0 Å². The van der Waals surface area contributed by atoms with Crippen LogP contribution in [-0.2, 0) is 0 Å².